The molecule has 0 aromatic heterocycles. The fourth-order valence-electron chi connectivity index (χ4n) is 3.43. The van der Waals surface area contributed by atoms with E-state index < -0.39 is 0 Å². The minimum atomic E-state index is -0.320. The topological polar surface area (TPSA) is 48.9 Å². The minimum absolute atomic E-state index is 0. The normalized spacial score (nSPS) is 16.4. The fraction of sp³-hybridized carbons (Fsp3) is 0.667. The number of piperidine rings is 1. The molecule has 1 aromatic rings. The van der Waals surface area contributed by atoms with Crippen LogP contribution in [-0.4, -0.2) is 63.3 Å². The Labute approximate surface area is 196 Å². The Hall–Kier alpha value is -0.640. The number of methoxy groups -OCH3 is 1. The molecule has 0 saturated carbocycles. The number of nitrogens with one attached hydrogen (secondary N) is 2. The van der Waals surface area contributed by atoms with E-state index in [9.17, 15) is 4.39 Å². The van der Waals surface area contributed by atoms with Crippen molar-refractivity contribution >= 4 is 41.5 Å². The molecule has 0 unspecified atom stereocenters. The monoisotopic (exact) mass is 540 g/mol. The summed E-state index contributed by atoms with van der Waals surface area (Å²) in [4.78, 5) is 7.23. The molecule has 2 rings (SSSR count). The van der Waals surface area contributed by atoms with Gasteiger partial charge in [-0.25, -0.2) is 4.39 Å². The molecule has 5 nitrogen and oxygen atoms in total. The summed E-state index contributed by atoms with van der Waals surface area (Å²) in [6.45, 7) is 11.5. The van der Waals surface area contributed by atoms with Crippen molar-refractivity contribution in [2.24, 2.45) is 4.99 Å². The molecule has 166 valence electrons. The molecule has 0 bridgehead atoms. The van der Waals surface area contributed by atoms with Gasteiger partial charge in [-0.1, -0.05) is 31.5 Å². The maximum atomic E-state index is 13.4. The van der Waals surface area contributed by atoms with Crippen LogP contribution in [0.25, 0.3) is 0 Å². The van der Waals surface area contributed by atoms with Crippen LogP contribution in [0.1, 0.15) is 39.2 Å². The molecule has 0 atom stereocenters. The average Bonchev–Trinajstić information content (AvgIpc) is 2.65. The van der Waals surface area contributed by atoms with Crippen LogP contribution < -0.4 is 10.6 Å². The second-order valence-corrected chi connectivity index (χ2v) is 8.36. The van der Waals surface area contributed by atoms with E-state index in [1.165, 1.54) is 12.1 Å². The van der Waals surface area contributed by atoms with Gasteiger partial charge < -0.3 is 20.3 Å². The van der Waals surface area contributed by atoms with Gasteiger partial charge in [0, 0.05) is 49.8 Å². The highest BCUT2D eigenvalue weighted by Gasteiger charge is 2.24. The number of halogens is 3. The molecule has 1 aromatic carbocycles. The third-order valence-corrected chi connectivity index (χ3v) is 5.49. The summed E-state index contributed by atoms with van der Waals surface area (Å²) in [5, 5.41) is 7.35. The molecule has 1 fully saturated rings. The number of aliphatic imine (C=N–C) groups is 1. The van der Waals surface area contributed by atoms with E-state index in [1.807, 2.05) is 0 Å². The van der Waals surface area contributed by atoms with E-state index in [4.69, 9.17) is 21.3 Å². The van der Waals surface area contributed by atoms with Crippen LogP contribution in [-0.2, 0) is 10.2 Å². The third kappa shape index (κ3) is 8.55. The van der Waals surface area contributed by atoms with Crippen LogP contribution in [0.5, 0.6) is 0 Å². The van der Waals surface area contributed by atoms with E-state index >= 15 is 0 Å². The summed E-state index contributed by atoms with van der Waals surface area (Å²) in [5.41, 5.74) is 0.609. The Morgan fingerprint density at radius 2 is 2.03 bits per heavy atom. The molecule has 0 aliphatic carbocycles. The number of nitrogens with zero attached hydrogens (tertiary/aromatic N) is 2. The van der Waals surface area contributed by atoms with E-state index in [-0.39, 0.29) is 35.2 Å². The molecule has 0 amide bonds. The first-order chi connectivity index (χ1) is 13.4. The summed E-state index contributed by atoms with van der Waals surface area (Å²) in [6, 6.07) is 4.98. The number of likely N-dealkylation sites (tertiary alicyclic amines) is 1. The maximum Gasteiger partial charge on any atom is 0.191 e. The van der Waals surface area contributed by atoms with Crippen LogP contribution in [0.4, 0.5) is 4.39 Å². The van der Waals surface area contributed by atoms with Crippen molar-refractivity contribution in [2.75, 3.05) is 46.4 Å². The molecule has 1 saturated heterocycles. The molecule has 8 heteroatoms. The van der Waals surface area contributed by atoms with Gasteiger partial charge in [-0.3, -0.25) is 4.99 Å². The zero-order chi connectivity index (χ0) is 20.6. The Balaban J connectivity index is 0.00000420. The van der Waals surface area contributed by atoms with Crippen LogP contribution in [0.2, 0.25) is 5.02 Å². The van der Waals surface area contributed by atoms with Crippen molar-refractivity contribution in [1.82, 2.24) is 15.5 Å². The van der Waals surface area contributed by atoms with Gasteiger partial charge in [0.05, 0.1) is 13.2 Å². The summed E-state index contributed by atoms with van der Waals surface area (Å²) in [5.74, 6) is 0.504. The van der Waals surface area contributed by atoms with E-state index in [0.29, 0.717) is 17.6 Å². The summed E-state index contributed by atoms with van der Waals surface area (Å²) in [6.07, 6.45) is 2.17. The molecule has 0 spiro atoms. The lowest BCUT2D eigenvalue weighted by atomic mass is 9.84. The Morgan fingerprint density at radius 3 is 2.62 bits per heavy atom. The first-order valence-electron chi connectivity index (χ1n) is 10.1. The van der Waals surface area contributed by atoms with Gasteiger partial charge in [0.25, 0.3) is 0 Å². The van der Waals surface area contributed by atoms with Crippen molar-refractivity contribution < 1.29 is 9.13 Å². The molecule has 2 N–H and O–H groups in total. The predicted octanol–water partition coefficient (Wildman–Crippen LogP) is 4.04. The van der Waals surface area contributed by atoms with Crippen LogP contribution in [0.15, 0.2) is 23.2 Å². The largest absolute Gasteiger partial charge is 0.383 e. The zero-order valence-corrected chi connectivity index (χ0v) is 21.0. The van der Waals surface area contributed by atoms with Gasteiger partial charge >= 0.3 is 0 Å². The van der Waals surface area contributed by atoms with Gasteiger partial charge in [0.1, 0.15) is 5.82 Å². The molecule has 29 heavy (non-hydrogen) atoms. The molecule has 0 radical (unpaired) electrons. The number of hydrogen-bond donors (Lipinski definition) is 2. The van der Waals surface area contributed by atoms with Gasteiger partial charge in [0.2, 0.25) is 0 Å². The highest BCUT2D eigenvalue weighted by molar-refractivity contribution is 14.0. The summed E-state index contributed by atoms with van der Waals surface area (Å²) >= 11 is 6.26. The Kier molecular flexibility index (Phi) is 11.8. The first kappa shape index (κ1) is 26.4. The lowest BCUT2D eigenvalue weighted by molar-refractivity contribution is 0.128. The number of ether oxygens (including phenoxy) is 1. The second kappa shape index (κ2) is 12.9. The van der Waals surface area contributed by atoms with Crippen molar-refractivity contribution in [3.8, 4) is 0 Å². The van der Waals surface area contributed by atoms with Crippen molar-refractivity contribution in [1.29, 1.82) is 0 Å². The SMILES string of the molecule is CCNC(=NCC(C)(C)c1ccc(F)cc1Cl)NC1CCN(CCOC)CC1.I. The number of hydrogen-bond acceptors (Lipinski definition) is 3. The minimum Gasteiger partial charge on any atom is -0.383 e. The number of benzene rings is 1. The predicted molar refractivity (Wildman–Crippen MR) is 130 cm³/mol. The standard InChI is InChI=1S/C21H34ClFN4O.HI/c1-5-24-20(26-17-8-10-27(11-9-17)12-13-28-4)25-15-21(2,3)18-7-6-16(23)14-19(18)22;/h6-7,14,17H,5,8-13,15H2,1-4H3,(H2,24,25,26);1H. The fourth-order valence-corrected chi connectivity index (χ4v) is 3.86. The lowest BCUT2D eigenvalue weighted by Crippen LogP contribution is -2.49. The van der Waals surface area contributed by atoms with Gasteiger partial charge in [-0.2, -0.15) is 0 Å². The number of guanidine groups is 1. The van der Waals surface area contributed by atoms with Crippen molar-refractivity contribution in [3.63, 3.8) is 0 Å². The van der Waals surface area contributed by atoms with Gasteiger partial charge in [0.15, 0.2) is 5.96 Å². The van der Waals surface area contributed by atoms with Gasteiger partial charge in [-0.15, -0.1) is 24.0 Å². The van der Waals surface area contributed by atoms with E-state index in [0.717, 1.165) is 57.2 Å². The quantitative estimate of drug-likeness (QED) is 0.297. The second-order valence-electron chi connectivity index (χ2n) is 7.96. The Bertz CT molecular complexity index is 652. The van der Waals surface area contributed by atoms with Crippen molar-refractivity contribution in [2.45, 2.75) is 45.1 Å². The highest BCUT2D eigenvalue weighted by atomic mass is 127. The number of rotatable bonds is 8. The van der Waals surface area contributed by atoms with E-state index in [1.54, 1.807) is 13.2 Å². The molecular formula is C21H35ClFIN4O. The molecule has 1 heterocycles. The van der Waals surface area contributed by atoms with E-state index in [2.05, 4.69) is 36.3 Å². The smallest absolute Gasteiger partial charge is 0.191 e. The molecular weight excluding hydrogens is 506 g/mol. The summed E-state index contributed by atoms with van der Waals surface area (Å²) < 4.78 is 18.5. The summed E-state index contributed by atoms with van der Waals surface area (Å²) in [7, 11) is 1.74. The maximum absolute atomic E-state index is 13.4. The lowest BCUT2D eigenvalue weighted by Gasteiger charge is -2.33. The molecule has 1 aliphatic heterocycles. The Morgan fingerprint density at radius 1 is 1.34 bits per heavy atom. The highest BCUT2D eigenvalue weighted by Crippen LogP contribution is 2.30. The van der Waals surface area contributed by atoms with Crippen LogP contribution in [0.3, 0.4) is 0 Å². The van der Waals surface area contributed by atoms with Crippen LogP contribution >= 0.6 is 35.6 Å². The van der Waals surface area contributed by atoms with Crippen molar-refractivity contribution in [3.05, 3.63) is 34.6 Å². The average molecular weight is 541 g/mol. The van der Waals surface area contributed by atoms with Crippen LogP contribution in [0, 0.1) is 5.82 Å². The third-order valence-electron chi connectivity index (χ3n) is 5.18. The molecule has 1 aliphatic rings. The first-order valence-corrected chi connectivity index (χ1v) is 10.4. The zero-order valence-electron chi connectivity index (χ0n) is 17.9. The van der Waals surface area contributed by atoms with Gasteiger partial charge in [-0.05, 0) is 37.5 Å².